The largest absolute Gasteiger partial charge is 0.502 e. The molecule has 1 aromatic heterocycles. The Morgan fingerprint density at radius 2 is 2.04 bits per heavy atom. The quantitative estimate of drug-likeness (QED) is 0.704. The van der Waals surface area contributed by atoms with Gasteiger partial charge in [-0.2, -0.15) is 0 Å². The fourth-order valence-corrected chi connectivity index (χ4v) is 2.49. The van der Waals surface area contributed by atoms with E-state index in [1.54, 1.807) is 12.1 Å². The first-order valence-electron chi connectivity index (χ1n) is 7.58. The van der Waals surface area contributed by atoms with Crippen LogP contribution in [0.2, 0.25) is 0 Å². The van der Waals surface area contributed by atoms with Gasteiger partial charge in [-0.05, 0) is 20.3 Å². The third-order valence-electron chi connectivity index (χ3n) is 3.65. The zero-order valence-electron chi connectivity index (χ0n) is 13.9. The number of hydrogen-bond acceptors (Lipinski definition) is 6. The number of carboxylic acids is 1. The molecule has 2 rings (SSSR count). The zero-order valence-corrected chi connectivity index (χ0v) is 13.9. The molecule has 2 N–H and O–H groups in total. The molecule has 0 fully saturated rings. The number of hydrogen-bond donors (Lipinski definition) is 2. The van der Waals surface area contributed by atoms with Crippen molar-refractivity contribution in [1.82, 2.24) is 9.58 Å². The molecule has 0 aliphatic carbocycles. The normalized spacial score (nSPS) is 14.2. The van der Waals surface area contributed by atoms with Gasteiger partial charge in [-0.1, -0.05) is 0 Å². The van der Waals surface area contributed by atoms with Crippen LogP contribution in [0.1, 0.15) is 41.1 Å². The molecule has 132 valence electrons. The number of aromatic hydroxyl groups is 1. The number of aromatic nitrogens is 1. The Labute approximate surface area is 138 Å². The van der Waals surface area contributed by atoms with Gasteiger partial charge in [0.25, 0.3) is 5.91 Å². The van der Waals surface area contributed by atoms with E-state index < -0.39 is 28.6 Å². The third-order valence-corrected chi connectivity index (χ3v) is 3.65. The molecule has 9 nitrogen and oxygen atoms in total. The number of fused-ring (bicyclic) bond motifs is 1. The van der Waals surface area contributed by atoms with Gasteiger partial charge >= 0.3 is 5.97 Å². The molecule has 24 heavy (non-hydrogen) atoms. The predicted molar refractivity (Wildman–Crippen MR) is 85.1 cm³/mol. The summed E-state index contributed by atoms with van der Waals surface area (Å²) >= 11 is 0. The first-order chi connectivity index (χ1) is 11.2. The maximum Gasteiger partial charge on any atom is 0.341 e. The molecule has 0 unspecified atom stereocenters. The minimum Gasteiger partial charge on any atom is -0.502 e. The van der Waals surface area contributed by atoms with Gasteiger partial charge in [-0.3, -0.25) is 19.3 Å². The van der Waals surface area contributed by atoms with Crippen LogP contribution in [0.15, 0.2) is 11.0 Å². The van der Waals surface area contributed by atoms with Gasteiger partial charge in [0.15, 0.2) is 11.4 Å². The van der Waals surface area contributed by atoms with Crippen LogP contribution in [0, 0.1) is 0 Å². The maximum atomic E-state index is 12.5. The van der Waals surface area contributed by atoms with Gasteiger partial charge in [-0.15, -0.1) is 0 Å². The number of amides is 1. The van der Waals surface area contributed by atoms with Crippen LogP contribution in [0.5, 0.6) is 5.75 Å². The SMILES string of the molecule is CC(C)OCCCN1CN(C)n2cc(C(=O)O)c(=O)c(O)c2C1=O. The molecule has 0 atom stereocenters. The van der Waals surface area contributed by atoms with Gasteiger partial charge in [0.2, 0.25) is 5.43 Å². The molecule has 0 spiro atoms. The summed E-state index contributed by atoms with van der Waals surface area (Å²) in [7, 11) is 1.63. The van der Waals surface area contributed by atoms with Gasteiger partial charge in [-0.25, -0.2) is 4.79 Å². The number of ether oxygens (including phenoxy) is 1. The summed E-state index contributed by atoms with van der Waals surface area (Å²) in [5, 5.41) is 20.6. The Hall–Kier alpha value is -2.55. The van der Waals surface area contributed by atoms with Crippen molar-refractivity contribution in [3.05, 3.63) is 27.7 Å². The van der Waals surface area contributed by atoms with E-state index in [0.29, 0.717) is 19.6 Å². The third kappa shape index (κ3) is 3.35. The Bertz CT molecular complexity index is 712. The fourth-order valence-electron chi connectivity index (χ4n) is 2.49. The first-order valence-corrected chi connectivity index (χ1v) is 7.58. The van der Waals surface area contributed by atoms with Crippen LogP contribution in [0.25, 0.3) is 0 Å². The van der Waals surface area contributed by atoms with Crippen LogP contribution < -0.4 is 10.4 Å². The highest BCUT2D eigenvalue weighted by Crippen LogP contribution is 2.20. The van der Waals surface area contributed by atoms with Crippen molar-refractivity contribution in [3.8, 4) is 5.75 Å². The van der Waals surface area contributed by atoms with Crippen LogP contribution in [0.3, 0.4) is 0 Å². The number of rotatable bonds is 6. The summed E-state index contributed by atoms with van der Waals surface area (Å²) in [5.41, 5.74) is -1.89. The second-order valence-corrected chi connectivity index (χ2v) is 5.86. The van der Waals surface area contributed by atoms with Crippen molar-refractivity contribution in [3.63, 3.8) is 0 Å². The second kappa shape index (κ2) is 6.91. The molecule has 0 saturated carbocycles. The van der Waals surface area contributed by atoms with Crippen molar-refractivity contribution in [2.45, 2.75) is 26.4 Å². The molecule has 2 heterocycles. The Morgan fingerprint density at radius 3 is 2.62 bits per heavy atom. The van der Waals surface area contributed by atoms with Gasteiger partial charge < -0.3 is 19.8 Å². The monoisotopic (exact) mass is 339 g/mol. The van der Waals surface area contributed by atoms with E-state index in [1.807, 2.05) is 13.8 Å². The topological polar surface area (TPSA) is 112 Å². The van der Waals surface area contributed by atoms with E-state index in [4.69, 9.17) is 9.84 Å². The lowest BCUT2D eigenvalue weighted by Gasteiger charge is -2.37. The lowest BCUT2D eigenvalue weighted by molar-refractivity contribution is 0.0570. The smallest absolute Gasteiger partial charge is 0.341 e. The molecule has 1 aliphatic heterocycles. The highest BCUT2D eigenvalue weighted by atomic mass is 16.5. The summed E-state index contributed by atoms with van der Waals surface area (Å²) in [6, 6.07) is 0. The molecule has 1 aliphatic rings. The van der Waals surface area contributed by atoms with Crippen molar-refractivity contribution in [2.24, 2.45) is 0 Å². The number of pyridine rings is 1. The predicted octanol–water partition coefficient (Wildman–Crippen LogP) is 0.0483. The standard InChI is InChI=1S/C15H21N3O6/c1-9(2)24-6-4-5-17-8-16(3)18-7-10(15(22)23)12(19)13(20)11(18)14(17)21/h7,9,20H,4-6,8H2,1-3H3,(H,22,23). The lowest BCUT2D eigenvalue weighted by Crippen LogP contribution is -2.53. The molecule has 0 saturated heterocycles. The minimum atomic E-state index is -1.46. The fraction of sp³-hybridized carbons (Fsp3) is 0.533. The van der Waals surface area contributed by atoms with Crippen molar-refractivity contribution in [1.29, 1.82) is 0 Å². The molecule has 1 aromatic rings. The summed E-state index contributed by atoms with van der Waals surface area (Å²) in [5.74, 6) is -2.83. The molecular formula is C15H21N3O6. The Balaban J connectivity index is 2.27. The Kier molecular flexibility index (Phi) is 5.13. The number of aromatic carboxylic acids is 1. The molecule has 0 aromatic carbocycles. The van der Waals surface area contributed by atoms with Gasteiger partial charge in [0, 0.05) is 26.4 Å². The van der Waals surface area contributed by atoms with Gasteiger partial charge in [0.1, 0.15) is 12.2 Å². The number of carbonyl (C=O) groups excluding carboxylic acids is 1. The van der Waals surface area contributed by atoms with E-state index in [9.17, 15) is 19.5 Å². The zero-order chi connectivity index (χ0) is 18.0. The van der Waals surface area contributed by atoms with Crippen LogP contribution in [0.4, 0.5) is 0 Å². The number of carbonyl (C=O) groups is 2. The second-order valence-electron chi connectivity index (χ2n) is 5.86. The van der Waals surface area contributed by atoms with Crippen LogP contribution in [-0.2, 0) is 4.74 Å². The summed E-state index contributed by atoms with van der Waals surface area (Å²) in [6.07, 6.45) is 1.76. The highest BCUT2D eigenvalue weighted by molar-refractivity contribution is 5.97. The summed E-state index contributed by atoms with van der Waals surface area (Å²) in [6.45, 7) is 4.92. The average molecular weight is 339 g/mol. The van der Waals surface area contributed by atoms with E-state index in [2.05, 4.69) is 0 Å². The van der Waals surface area contributed by atoms with E-state index in [-0.39, 0.29) is 18.5 Å². The highest BCUT2D eigenvalue weighted by Gasteiger charge is 2.32. The Morgan fingerprint density at radius 1 is 1.38 bits per heavy atom. The average Bonchev–Trinajstić information content (AvgIpc) is 2.50. The molecule has 0 bridgehead atoms. The summed E-state index contributed by atoms with van der Waals surface area (Å²) < 4.78 is 6.63. The maximum absolute atomic E-state index is 12.5. The molecular weight excluding hydrogens is 318 g/mol. The van der Waals surface area contributed by atoms with Crippen molar-refractivity contribution >= 4 is 11.9 Å². The molecule has 0 radical (unpaired) electrons. The van der Waals surface area contributed by atoms with Crippen molar-refractivity contribution < 1.29 is 24.5 Å². The summed E-state index contributed by atoms with van der Waals surface area (Å²) in [4.78, 5) is 37.0. The number of nitrogens with zero attached hydrogens (tertiary/aromatic N) is 3. The number of carboxylic acid groups (broad SMARTS) is 1. The molecule has 9 heteroatoms. The lowest BCUT2D eigenvalue weighted by atomic mass is 10.2. The van der Waals surface area contributed by atoms with Gasteiger partial charge in [0.05, 0.1) is 6.10 Å². The molecule has 1 amide bonds. The van der Waals surface area contributed by atoms with Crippen molar-refractivity contribution in [2.75, 3.05) is 31.9 Å². The first kappa shape index (κ1) is 17.8. The van der Waals surface area contributed by atoms with Crippen LogP contribution >= 0.6 is 0 Å². The van der Waals surface area contributed by atoms with E-state index in [1.165, 1.54) is 9.58 Å². The van der Waals surface area contributed by atoms with Crippen LogP contribution in [-0.4, -0.2) is 64.6 Å². The van der Waals surface area contributed by atoms with E-state index in [0.717, 1.165) is 6.20 Å². The minimum absolute atomic E-state index is 0.0996. The van der Waals surface area contributed by atoms with E-state index >= 15 is 0 Å².